The van der Waals surface area contributed by atoms with E-state index >= 15 is 0 Å². The lowest BCUT2D eigenvalue weighted by molar-refractivity contribution is -0.112. The monoisotopic (exact) mass is 252 g/mol. The van der Waals surface area contributed by atoms with E-state index < -0.39 is 5.24 Å². The van der Waals surface area contributed by atoms with Gasteiger partial charge in [0.1, 0.15) is 10.8 Å². The molecule has 0 aliphatic carbocycles. The minimum Gasteiger partial charge on any atom is -0.491 e. The lowest BCUT2D eigenvalue weighted by Crippen LogP contribution is -2.01. The molecule has 0 radical (unpaired) electrons. The summed E-state index contributed by atoms with van der Waals surface area (Å²) in [4.78, 5) is 10.4. The molecule has 0 saturated carbocycles. The summed E-state index contributed by atoms with van der Waals surface area (Å²) in [6, 6.07) is 5.04. The second-order valence-corrected chi connectivity index (χ2v) is 3.71. The number of halogens is 3. The molecule has 76 valence electrons. The molecule has 0 bridgehead atoms. The first-order chi connectivity index (χ1) is 6.61. The summed E-state index contributed by atoms with van der Waals surface area (Å²) in [5, 5.41) is 0.320. The van der Waals surface area contributed by atoms with Gasteiger partial charge in [-0.05, 0) is 23.7 Å². The Hall–Kier alpha value is -0.440. The van der Waals surface area contributed by atoms with Gasteiger partial charge in [0.25, 0.3) is 0 Å². The highest BCUT2D eigenvalue weighted by Crippen LogP contribution is 2.31. The number of hydrogen-bond donors (Lipinski definition) is 0. The van der Waals surface area contributed by atoms with Crippen LogP contribution in [0.15, 0.2) is 18.2 Å². The molecular formula is C9H7Cl3O2. The summed E-state index contributed by atoms with van der Waals surface area (Å²) < 4.78 is 5.21. The maximum Gasteiger partial charge on any atom is 0.225 e. The van der Waals surface area contributed by atoms with Crippen LogP contribution in [0.3, 0.4) is 0 Å². The van der Waals surface area contributed by atoms with E-state index in [1.807, 2.05) is 0 Å². The Morgan fingerprint density at radius 3 is 2.71 bits per heavy atom. The summed E-state index contributed by atoms with van der Waals surface area (Å²) in [6.07, 6.45) is 0.143. The molecule has 0 heterocycles. The highest BCUT2D eigenvalue weighted by atomic mass is 35.5. The van der Waals surface area contributed by atoms with E-state index in [0.29, 0.717) is 15.8 Å². The number of ether oxygens (including phenoxy) is 1. The first-order valence-corrected chi connectivity index (χ1v) is 5.00. The molecule has 0 aliphatic rings. The third-order valence-corrected chi connectivity index (χ3v) is 2.46. The van der Waals surface area contributed by atoms with Gasteiger partial charge in [-0.15, -0.1) is 0 Å². The van der Waals surface area contributed by atoms with Crippen LogP contribution in [-0.4, -0.2) is 11.8 Å². The third kappa shape index (κ3) is 3.37. The Morgan fingerprint density at radius 1 is 1.36 bits per heavy atom. The molecule has 0 aliphatic heterocycles. The minimum absolute atomic E-state index is 0.143. The molecule has 0 aromatic heterocycles. The fourth-order valence-electron chi connectivity index (χ4n) is 0.837. The SMILES string of the molecule is O=C(Cl)CCOc1cccc(Cl)c1Cl. The van der Waals surface area contributed by atoms with Crippen molar-refractivity contribution in [2.75, 3.05) is 6.61 Å². The van der Waals surface area contributed by atoms with E-state index in [4.69, 9.17) is 39.5 Å². The second-order valence-electron chi connectivity index (χ2n) is 2.51. The van der Waals surface area contributed by atoms with Gasteiger partial charge in [-0.3, -0.25) is 4.79 Å². The van der Waals surface area contributed by atoms with Gasteiger partial charge in [0.05, 0.1) is 18.1 Å². The van der Waals surface area contributed by atoms with Crippen molar-refractivity contribution in [3.8, 4) is 5.75 Å². The Morgan fingerprint density at radius 2 is 2.07 bits per heavy atom. The molecule has 1 aromatic rings. The largest absolute Gasteiger partial charge is 0.491 e. The molecule has 1 rings (SSSR count). The molecular weight excluding hydrogens is 246 g/mol. The van der Waals surface area contributed by atoms with Crippen LogP contribution in [0.25, 0.3) is 0 Å². The van der Waals surface area contributed by atoms with Gasteiger partial charge < -0.3 is 4.74 Å². The number of carbonyl (C=O) groups is 1. The number of carbonyl (C=O) groups excluding carboxylic acids is 1. The normalized spacial score (nSPS) is 9.93. The van der Waals surface area contributed by atoms with Crippen LogP contribution in [-0.2, 0) is 4.79 Å². The zero-order chi connectivity index (χ0) is 10.6. The zero-order valence-corrected chi connectivity index (χ0v) is 9.36. The molecule has 5 heteroatoms. The highest BCUT2D eigenvalue weighted by Gasteiger charge is 2.05. The number of rotatable bonds is 4. The van der Waals surface area contributed by atoms with Crippen LogP contribution < -0.4 is 4.74 Å². The Bertz CT molecular complexity index is 339. The lowest BCUT2D eigenvalue weighted by atomic mass is 10.3. The fraction of sp³-hybridized carbons (Fsp3) is 0.222. The predicted octanol–water partition coefficient (Wildman–Crippen LogP) is 3.53. The molecule has 0 N–H and O–H groups in total. The van der Waals surface area contributed by atoms with Crippen molar-refractivity contribution in [1.82, 2.24) is 0 Å². The molecule has 0 saturated heterocycles. The minimum atomic E-state index is -0.442. The summed E-state index contributed by atoms with van der Waals surface area (Å²) in [7, 11) is 0. The molecule has 0 unspecified atom stereocenters. The van der Waals surface area contributed by atoms with Crippen molar-refractivity contribution in [3.05, 3.63) is 28.2 Å². The smallest absolute Gasteiger partial charge is 0.225 e. The fourth-order valence-corrected chi connectivity index (χ4v) is 1.26. The summed E-state index contributed by atoms with van der Waals surface area (Å²) in [5.41, 5.74) is 0. The second kappa shape index (κ2) is 5.44. The highest BCUT2D eigenvalue weighted by molar-refractivity contribution is 6.63. The molecule has 2 nitrogen and oxygen atoms in total. The topological polar surface area (TPSA) is 26.3 Å². The summed E-state index contributed by atoms with van der Waals surface area (Å²) >= 11 is 16.7. The average molecular weight is 254 g/mol. The van der Waals surface area contributed by atoms with E-state index in [0.717, 1.165) is 0 Å². The van der Waals surface area contributed by atoms with Crippen molar-refractivity contribution >= 4 is 40.0 Å². The maximum absolute atomic E-state index is 10.4. The first-order valence-electron chi connectivity index (χ1n) is 3.86. The molecule has 0 atom stereocenters. The van der Waals surface area contributed by atoms with E-state index in [9.17, 15) is 4.79 Å². The molecule has 0 amide bonds. The first kappa shape index (κ1) is 11.6. The Balaban J connectivity index is 2.59. The Labute approximate surface area is 96.7 Å². The number of hydrogen-bond acceptors (Lipinski definition) is 2. The lowest BCUT2D eigenvalue weighted by Gasteiger charge is -2.06. The maximum atomic E-state index is 10.4. The van der Waals surface area contributed by atoms with Crippen molar-refractivity contribution < 1.29 is 9.53 Å². The van der Waals surface area contributed by atoms with Gasteiger partial charge in [0.2, 0.25) is 5.24 Å². The van der Waals surface area contributed by atoms with Gasteiger partial charge in [0.15, 0.2) is 0 Å². The van der Waals surface area contributed by atoms with Crippen LogP contribution in [0, 0.1) is 0 Å². The predicted molar refractivity (Wildman–Crippen MR) is 57.4 cm³/mol. The van der Waals surface area contributed by atoms with Gasteiger partial charge in [0, 0.05) is 0 Å². The Kier molecular flexibility index (Phi) is 4.52. The van der Waals surface area contributed by atoms with Crippen molar-refractivity contribution in [3.63, 3.8) is 0 Å². The van der Waals surface area contributed by atoms with Crippen LogP contribution in [0.2, 0.25) is 10.0 Å². The molecule has 0 spiro atoms. The summed E-state index contributed by atoms with van der Waals surface area (Å²) in [5.74, 6) is 0.456. The van der Waals surface area contributed by atoms with E-state index in [1.54, 1.807) is 18.2 Å². The van der Waals surface area contributed by atoms with Gasteiger partial charge in [-0.2, -0.15) is 0 Å². The van der Waals surface area contributed by atoms with E-state index in [-0.39, 0.29) is 13.0 Å². The van der Waals surface area contributed by atoms with E-state index in [1.165, 1.54) is 0 Å². The van der Waals surface area contributed by atoms with Gasteiger partial charge in [-0.25, -0.2) is 0 Å². The van der Waals surface area contributed by atoms with Gasteiger partial charge in [-0.1, -0.05) is 29.3 Å². The van der Waals surface area contributed by atoms with Crippen LogP contribution in [0.4, 0.5) is 0 Å². The average Bonchev–Trinajstić information content (AvgIpc) is 2.12. The summed E-state index contributed by atoms with van der Waals surface area (Å²) in [6.45, 7) is 0.197. The van der Waals surface area contributed by atoms with Crippen molar-refractivity contribution in [2.24, 2.45) is 0 Å². The van der Waals surface area contributed by atoms with E-state index in [2.05, 4.69) is 0 Å². The third-order valence-electron chi connectivity index (χ3n) is 1.47. The standard InChI is InChI=1S/C9H7Cl3O2/c10-6-2-1-3-7(9(6)12)14-5-4-8(11)13/h1-3H,4-5H2. The number of benzene rings is 1. The van der Waals surface area contributed by atoms with Crippen molar-refractivity contribution in [1.29, 1.82) is 0 Å². The molecule has 0 fully saturated rings. The van der Waals surface area contributed by atoms with Gasteiger partial charge >= 0.3 is 0 Å². The van der Waals surface area contributed by atoms with Crippen molar-refractivity contribution in [2.45, 2.75) is 6.42 Å². The van der Waals surface area contributed by atoms with Crippen LogP contribution in [0.5, 0.6) is 5.75 Å². The quantitative estimate of drug-likeness (QED) is 0.767. The molecule has 14 heavy (non-hydrogen) atoms. The van der Waals surface area contributed by atoms with Crippen LogP contribution in [0.1, 0.15) is 6.42 Å². The molecule has 1 aromatic carbocycles. The van der Waals surface area contributed by atoms with Crippen LogP contribution >= 0.6 is 34.8 Å². The zero-order valence-electron chi connectivity index (χ0n) is 7.10.